The van der Waals surface area contributed by atoms with E-state index in [2.05, 4.69) is 18.7 Å². The van der Waals surface area contributed by atoms with Gasteiger partial charge in [-0.25, -0.2) is 8.42 Å². The maximum absolute atomic E-state index is 12.4. The molecule has 0 unspecified atom stereocenters. The van der Waals surface area contributed by atoms with Crippen LogP contribution in [0.4, 0.5) is 0 Å². The first kappa shape index (κ1) is 14.5. The Balaban J connectivity index is 2.06. The molecule has 1 aromatic carbocycles. The number of sulfonamides is 1. The molecule has 0 aliphatic carbocycles. The number of hydrogen-bond donors (Lipinski definition) is 0. The monoisotopic (exact) mass is 282 g/mol. The average molecular weight is 282 g/mol. The fourth-order valence-electron chi connectivity index (χ4n) is 2.38. The Morgan fingerprint density at radius 1 is 1.11 bits per heavy atom. The van der Waals surface area contributed by atoms with Crippen molar-refractivity contribution in [2.24, 2.45) is 0 Å². The van der Waals surface area contributed by atoms with Crippen LogP contribution in [0.1, 0.15) is 20.3 Å². The third-order valence-electron chi connectivity index (χ3n) is 3.87. The van der Waals surface area contributed by atoms with E-state index < -0.39 is 10.0 Å². The molecule has 2 rings (SSSR count). The Hall–Kier alpha value is -0.910. The van der Waals surface area contributed by atoms with Gasteiger partial charge in [-0.2, -0.15) is 4.31 Å². The zero-order chi connectivity index (χ0) is 13.9. The van der Waals surface area contributed by atoms with Gasteiger partial charge in [0.1, 0.15) is 0 Å². The molecule has 0 saturated carbocycles. The summed E-state index contributed by atoms with van der Waals surface area (Å²) in [4.78, 5) is 2.75. The van der Waals surface area contributed by atoms with Crippen molar-refractivity contribution in [2.75, 3.05) is 26.2 Å². The topological polar surface area (TPSA) is 40.6 Å². The van der Waals surface area contributed by atoms with E-state index in [1.165, 1.54) is 0 Å². The highest BCUT2D eigenvalue weighted by atomic mass is 32.2. The Bertz CT molecular complexity index is 493. The zero-order valence-electron chi connectivity index (χ0n) is 11.6. The Morgan fingerprint density at radius 3 is 2.21 bits per heavy atom. The first-order valence-electron chi connectivity index (χ1n) is 6.85. The fraction of sp³-hybridized carbons (Fsp3) is 0.571. The van der Waals surface area contributed by atoms with Gasteiger partial charge in [0.15, 0.2) is 0 Å². The molecule has 0 spiro atoms. The van der Waals surface area contributed by atoms with E-state index >= 15 is 0 Å². The van der Waals surface area contributed by atoms with Crippen molar-refractivity contribution in [3.63, 3.8) is 0 Å². The molecule has 0 amide bonds. The van der Waals surface area contributed by atoms with Crippen LogP contribution in [0, 0.1) is 0 Å². The normalized spacial score (nSPS) is 20.3. The SMILES string of the molecule is CC[C@H](C)N1CCN(S(=O)(=O)c2ccccc2)CC1. The lowest BCUT2D eigenvalue weighted by molar-refractivity contribution is 0.142. The minimum Gasteiger partial charge on any atom is -0.298 e. The summed E-state index contributed by atoms with van der Waals surface area (Å²) in [5.41, 5.74) is 0. The van der Waals surface area contributed by atoms with Gasteiger partial charge in [-0.05, 0) is 25.5 Å². The minimum atomic E-state index is -3.31. The summed E-state index contributed by atoms with van der Waals surface area (Å²) >= 11 is 0. The van der Waals surface area contributed by atoms with E-state index in [9.17, 15) is 8.42 Å². The summed E-state index contributed by atoms with van der Waals surface area (Å²) in [5, 5.41) is 0. The maximum atomic E-state index is 12.4. The molecule has 1 heterocycles. The number of nitrogens with zero attached hydrogens (tertiary/aromatic N) is 2. The van der Waals surface area contributed by atoms with E-state index in [1.807, 2.05) is 6.07 Å². The summed E-state index contributed by atoms with van der Waals surface area (Å²) in [7, 11) is -3.31. The molecular weight excluding hydrogens is 260 g/mol. The van der Waals surface area contributed by atoms with Crippen molar-refractivity contribution < 1.29 is 8.42 Å². The van der Waals surface area contributed by atoms with Gasteiger partial charge in [0.2, 0.25) is 10.0 Å². The maximum Gasteiger partial charge on any atom is 0.243 e. The Labute approximate surface area is 116 Å². The Morgan fingerprint density at radius 2 is 1.68 bits per heavy atom. The van der Waals surface area contributed by atoms with E-state index in [4.69, 9.17) is 0 Å². The van der Waals surface area contributed by atoms with E-state index in [0.29, 0.717) is 24.0 Å². The van der Waals surface area contributed by atoms with Gasteiger partial charge in [0.25, 0.3) is 0 Å². The van der Waals surface area contributed by atoms with Crippen LogP contribution in [-0.4, -0.2) is 49.8 Å². The molecule has 0 N–H and O–H groups in total. The van der Waals surface area contributed by atoms with E-state index in [-0.39, 0.29) is 0 Å². The lowest BCUT2D eigenvalue weighted by Crippen LogP contribution is -2.51. The smallest absolute Gasteiger partial charge is 0.243 e. The summed E-state index contributed by atoms with van der Waals surface area (Å²) in [5.74, 6) is 0. The second-order valence-electron chi connectivity index (χ2n) is 5.01. The van der Waals surface area contributed by atoms with Crippen molar-refractivity contribution in [1.82, 2.24) is 9.21 Å². The molecule has 1 aromatic rings. The predicted octanol–water partition coefficient (Wildman–Crippen LogP) is 1.79. The molecule has 0 radical (unpaired) electrons. The molecule has 4 nitrogen and oxygen atoms in total. The lowest BCUT2D eigenvalue weighted by atomic mass is 10.2. The molecule has 19 heavy (non-hydrogen) atoms. The Kier molecular flexibility index (Phi) is 4.60. The largest absolute Gasteiger partial charge is 0.298 e. The van der Waals surface area contributed by atoms with Crippen molar-refractivity contribution in [2.45, 2.75) is 31.2 Å². The summed E-state index contributed by atoms with van der Waals surface area (Å²) < 4.78 is 26.5. The summed E-state index contributed by atoms with van der Waals surface area (Å²) in [6, 6.07) is 9.22. The summed E-state index contributed by atoms with van der Waals surface area (Å²) in [6.07, 6.45) is 1.10. The summed E-state index contributed by atoms with van der Waals surface area (Å²) in [6.45, 7) is 7.17. The molecule has 0 bridgehead atoms. The second kappa shape index (κ2) is 6.03. The average Bonchev–Trinajstić information content (AvgIpc) is 2.47. The minimum absolute atomic E-state index is 0.395. The number of rotatable bonds is 4. The van der Waals surface area contributed by atoms with Crippen LogP contribution in [0.15, 0.2) is 35.2 Å². The fourth-order valence-corrected chi connectivity index (χ4v) is 3.83. The van der Waals surface area contributed by atoms with Crippen molar-refractivity contribution in [3.8, 4) is 0 Å². The first-order valence-corrected chi connectivity index (χ1v) is 8.29. The quantitative estimate of drug-likeness (QED) is 0.845. The number of benzene rings is 1. The van der Waals surface area contributed by atoms with Gasteiger partial charge in [-0.3, -0.25) is 4.90 Å². The van der Waals surface area contributed by atoms with Crippen LogP contribution in [0.25, 0.3) is 0 Å². The van der Waals surface area contributed by atoms with Crippen molar-refractivity contribution in [1.29, 1.82) is 0 Å². The van der Waals surface area contributed by atoms with Gasteiger partial charge >= 0.3 is 0 Å². The van der Waals surface area contributed by atoms with Gasteiger partial charge < -0.3 is 0 Å². The molecular formula is C14H22N2O2S. The highest BCUT2D eigenvalue weighted by molar-refractivity contribution is 7.89. The van der Waals surface area contributed by atoms with Crippen LogP contribution in [0.2, 0.25) is 0 Å². The van der Waals surface area contributed by atoms with E-state index in [1.54, 1.807) is 28.6 Å². The molecule has 1 aliphatic rings. The van der Waals surface area contributed by atoms with Crippen LogP contribution >= 0.6 is 0 Å². The molecule has 5 heteroatoms. The van der Waals surface area contributed by atoms with Crippen LogP contribution in [0.3, 0.4) is 0 Å². The first-order chi connectivity index (χ1) is 9.05. The van der Waals surface area contributed by atoms with Crippen LogP contribution in [-0.2, 0) is 10.0 Å². The predicted molar refractivity (Wildman–Crippen MR) is 76.5 cm³/mol. The molecule has 1 atom stereocenters. The number of hydrogen-bond acceptors (Lipinski definition) is 3. The zero-order valence-corrected chi connectivity index (χ0v) is 12.4. The third-order valence-corrected chi connectivity index (χ3v) is 5.78. The third kappa shape index (κ3) is 3.16. The molecule has 0 aromatic heterocycles. The van der Waals surface area contributed by atoms with Crippen molar-refractivity contribution >= 4 is 10.0 Å². The number of piperazine rings is 1. The van der Waals surface area contributed by atoms with Gasteiger partial charge in [0.05, 0.1) is 4.90 Å². The van der Waals surface area contributed by atoms with E-state index in [0.717, 1.165) is 19.5 Å². The lowest BCUT2D eigenvalue weighted by Gasteiger charge is -2.37. The van der Waals surface area contributed by atoms with Gasteiger partial charge in [0, 0.05) is 32.2 Å². The molecule has 1 saturated heterocycles. The van der Waals surface area contributed by atoms with Crippen LogP contribution in [0.5, 0.6) is 0 Å². The molecule has 106 valence electrons. The molecule has 1 aliphatic heterocycles. The highest BCUT2D eigenvalue weighted by Crippen LogP contribution is 2.18. The van der Waals surface area contributed by atoms with Crippen LogP contribution < -0.4 is 0 Å². The highest BCUT2D eigenvalue weighted by Gasteiger charge is 2.29. The van der Waals surface area contributed by atoms with Gasteiger partial charge in [-0.15, -0.1) is 0 Å². The standard InChI is InChI=1S/C14H22N2O2S/c1-3-13(2)15-9-11-16(12-10-15)19(17,18)14-7-5-4-6-8-14/h4-8,13H,3,9-12H2,1-2H3/t13-/m0/s1. The van der Waals surface area contributed by atoms with Crippen molar-refractivity contribution in [3.05, 3.63) is 30.3 Å². The molecule has 1 fully saturated rings. The van der Waals surface area contributed by atoms with Gasteiger partial charge in [-0.1, -0.05) is 25.1 Å². The second-order valence-corrected chi connectivity index (χ2v) is 6.95.